The summed E-state index contributed by atoms with van der Waals surface area (Å²) in [4.78, 5) is 15.8. The molecule has 0 aromatic heterocycles. The summed E-state index contributed by atoms with van der Waals surface area (Å²) in [6.07, 6.45) is 0.986. The molecule has 1 N–H and O–H groups in total. The summed E-state index contributed by atoms with van der Waals surface area (Å²) in [5, 5.41) is 4.39. The minimum absolute atomic E-state index is 0.0232. The summed E-state index contributed by atoms with van der Waals surface area (Å²) in [5.74, 6) is 0.966. The highest BCUT2D eigenvalue weighted by molar-refractivity contribution is 7.99. The molecule has 1 fully saturated rings. The van der Waals surface area contributed by atoms with Crippen LogP contribution in [-0.2, 0) is 0 Å². The van der Waals surface area contributed by atoms with Crippen molar-refractivity contribution in [2.45, 2.75) is 24.3 Å². The number of aryl methyl sites for hydroxylation is 1. The van der Waals surface area contributed by atoms with E-state index < -0.39 is 0 Å². The molecule has 1 unspecified atom stereocenters. The highest BCUT2D eigenvalue weighted by Crippen LogP contribution is 2.32. The SMILES string of the molecule is Cc1ccccc1C(=O)NC1CCN(CCSc2cccc(Cl)c2Cl)C1. The summed E-state index contributed by atoms with van der Waals surface area (Å²) < 4.78 is 0. The first kappa shape index (κ1) is 19.6. The van der Waals surface area contributed by atoms with Gasteiger partial charge in [-0.15, -0.1) is 11.8 Å². The molecule has 3 rings (SSSR count). The molecule has 6 heteroatoms. The second kappa shape index (κ2) is 9.14. The Morgan fingerprint density at radius 3 is 2.85 bits per heavy atom. The minimum atomic E-state index is 0.0232. The number of thioether (sulfide) groups is 1. The largest absolute Gasteiger partial charge is 0.348 e. The predicted molar refractivity (Wildman–Crippen MR) is 111 cm³/mol. The number of hydrogen-bond acceptors (Lipinski definition) is 3. The summed E-state index contributed by atoms with van der Waals surface area (Å²) in [6, 6.07) is 13.6. The lowest BCUT2D eigenvalue weighted by molar-refractivity contribution is 0.0937. The highest BCUT2D eigenvalue weighted by Gasteiger charge is 2.24. The van der Waals surface area contributed by atoms with Gasteiger partial charge in [0.15, 0.2) is 0 Å². The van der Waals surface area contributed by atoms with Crippen LogP contribution in [0.3, 0.4) is 0 Å². The first-order valence-corrected chi connectivity index (χ1v) is 10.4. The van der Waals surface area contributed by atoms with Gasteiger partial charge in [0.05, 0.1) is 10.0 Å². The zero-order valence-corrected chi connectivity index (χ0v) is 17.0. The molecule has 1 heterocycles. The summed E-state index contributed by atoms with van der Waals surface area (Å²) in [6.45, 7) is 4.82. The molecule has 1 aliphatic rings. The number of nitrogens with one attached hydrogen (secondary N) is 1. The molecule has 2 aromatic rings. The zero-order valence-electron chi connectivity index (χ0n) is 14.7. The summed E-state index contributed by atoms with van der Waals surface area (Å²) in [7, 11) is 0. The predicted octanol–water partition coefficient (Wildman–Crippen LogP) is 4.90. The molecular weight excluding hydrogens is 387 g/mol. The molecule has 26 heavy (non-hydrogen) atoms. The third kappa shape index (κ3) is 4.95. The topological polar surface area (TPSA) is 32.3 Å². The van der Waals surface area contributed by atoms with E-state index in [-0.39, 0.29) is 11.9 Å². The van der Waals surface area contributed by atoms with Gasteiger partial charge in [-0.1, -0.05) is 47.5 Å². The smallest absolute Gasteiger partial charge is 0.251 e. The number of hydrogen-bond donors (Lipinski definition) is 1. The van der Waals surface area contributed by atoms with E-state index in [4.69, 9.17) is 23.2 Å². The van der Waals surface area contributed by atoms with Crippen LogP contribution >= 0.6 is 35.0 Å². The van der Waals surface area contributed by atoms with Crippen LogP contribution in [0.15, 0.2) is 47.4 Å². The second-order valence-electron chi connectivity index (χ2n) is 6.48. The lowest BCUT2D eigenvalue weighted by Gasteiger charge is -2.17. The molecule has 1 saturated heterocycles. The zero-order chi connectivity index (χ0) is 18.5. The van der Waals surface area contributed by atoms with Crippen LogP contribution < -0.4 is 5.32 Å². The van der Waals surface area contributed by atoms with Gasteiger partial charge in [-0.05, 0) is 37.1 Å². The Balaban J connectivity index is 1.45. The van der Waals surface area contributed by atoms with Crippen LogP contribution in [0, 0.1) is 6.92 Å². The van der Waals surface area contributed by atoms with E-state index in [2.05, 4.69) is 10.2 Å². The maximum Gasteiger partial charge on any atom is 0.251 e. The van der Waals surface area contributed by atoms with Crippen molar-refractivity contribution in [1.82, 2.24) is 10.2 Å². The van der Waals surface area contributed by atoms with Gasteiger partial charge in [-0.3, -0.25) is 4.79 Å². The molecule has 2 aromatic carbocycles. The van der Waals surface area contributed by atoms with Crippen LogP contribution in [0.1, 0.15) is 22.3 Å². The Kier molecular flexibility index (Phi) is 6.87. The fourth-order valence-corrected chi connectivity index (χ4v) is 4.63. The van der Waals surface area contributed by atoms with Gasteiger partial charge in [0.1, 0.15) is 0 Å². The van der Waals surface area contributed by atoms with Crippen molar-refractivity contribution in [1.29, 1.82) is 0 Å². The molecule has 0 spiro atoms. The van der Waals surface area contributed by atoms with E-state index in [1.54, 1.807) is 17.8 Å². The van der Waals surface area contributed by atoms with Gasteiger partial charge in [0.25, 0.3) is 5.91 Å². The number of halogens is 2. The lowest BCUT2D eigenvalue weighted by Crippen LogP contribution is -2.37. The first-order valence-electron chi connectivity index (χ1n) is 8.70. The molecule has 0 bridgehead atoms. The van der Waals surface area contributed by atoms with Crippen LogP contribution in [-0.4, -0.2) is 42.2 Å². The van der Waals surface area contributed by atoms with Crippen molar-refractivity contribution in [2.75, 3.05) is 25.4 Å². The standard InChI is InChI=1S/C20H22Cl2N2OS/c1-14-5-2-3-6-16(14)20(25)23-15-9-10-24(13-15)11-12-26-18-8-4-7-17(21)19(18)22/h2-8,15H,9-13H2,1H3,(H,23,25). The highest BCUT2D eigenvalue weighted by atomic mass is 35.5. The van der Waals surface area contributed by atoms with Crippen molar-refractivity contribution in [2.24, 2.45) is 0 Å². The van der Waals surface area contributed by atoms with Crippen molar-refractivity contribution >= 4 is 40.9 Å². The van der Waals surface area contributed by atoms with E-state index in [1.807, 2.05) is 43.3 Å². The number of benzene rings is 2. The fraction of sp³-hybridized carbons (Fsp3) is 0.350. The average Bonchev–Trinajstić information content (AvgIpc) is 3.06. The minimum Gasteiger partial charge on any atom is -0.348 e. The second-order valence-corrected chi connectivity index (χ2v) is 8.40. The third-order valence-electron chi connectivity index (χ3n) is 4.58. The van der Waals surface area contributed by atoms with Crippen molar-refractivity contribution < 1.29 is 4.79 Å². The number of nitrogens with zero attached hydrogens (tertiary/aromatic N) is 1. The summed E-state index contributed by atoms with van der Waals surface area (Å²) in [5.41, 5.74) is 1.77. The summed E-state index contributed by atoms with van der Waals surface area (Å²) >= 11 is 14.0. The van der Waals surface area contributed by atoms with Gasteiger partial charge in [0, 0.05) is 41.9 Å². The average molecular weight is 409 g/mol. The van der Waals surface area contributed by atoms with Gasteiger partial charge in [-0.2, -0.15) is 0 Å². The Bertz CT molecular complexity index is 784. The van der Waals surface area contributed by atoms with Gasteiger partial charge in [0.2, 0.25) is 0 Å². The maximum atomic E-state index is 12.4. The molecule has 3 nitrogen and oxygen atoms in total. The van der Waals surface area contributed by atoms with Crippen LogP contribution in [0.25, 0.3) is 0 Å². The molecule has 0 saturated carbocycles. The van der Waals surface area contributed by atoms with Crippen LogP contribution in [0.5, 0.6) is 0 Å². The number of likely N-dealkylation sites (tertiary alicyclic amines) is 1. The number of carbonyl (C=O) groups is 1. The van der Waals surface area contributed by atoms with Gasteiger partial charge in [-0.25, -0.2) is 0 Å². The number of amides is 1. The van der Waals surface area contributed by atoms with Crippen molar-refractivity contribution in [3.8, 4) is 0 Å². The van der Waals surface area contributed by atoms with Gasteiger partial charge >= 0.3 is 0 Å². The number of carbonyl (C=O) groups excluding carboxylic acids is 1. The molecule has 0 aliphatic carbocycles. The molecule has 138 valence electrons. The van der Waals surface area contributed by atoms with E-state index in [0.717, 1.165) is 47.8 Å². The van der Waals surface area contributed by atoms with E-state index in [0.29, 0.717) is 10.0 Å². The Morgan fingerprint density at radius 1 is 1.23 bits per heavy atom. The molecule has 1 aliphatic heterocycles. The number of rotatable bonds is 6. The Morgan fingerprint density at radius 2 is 2.04 bits per heavy atom. The van der Waals surface area contributed by atoms with E-state index >= 15 is 0 Å². The molecule has 1 atom stereocenters. The van der Waals surface area contributed by atoms with Crippen LogP contribution in [0.2, 0.25) is 10.0 Å². The Labute approximate surface area is 169 Å². The molecule has 1 amide bonds. The third-order valence-corrected chi connectivity index (χ3v) is 6.55. The van der Waals surface area contributed by atoms with Crippen molar-refractivity contribution in [3.63, 3.8) is 0 Å². The first-order chi connectivity index (χ1) is 12.5. The maximum absolute atomic E-state index is 12.4. The quantitative estimate of drug-likeness (QED) is 0.689. The molecule has 0 radical (unpaired) electrons. The molecular formula is C20H22Cl2N2OS. The van der Waals surface area contributed by atoms with Gasteiger partial charge < -0.3 is 10.2 Å². The van der Waals surface area contributed by atoms with E-state index in [9.17, 15) is 4.79 Å². The van der Waals surface area contributed by atoms with Crippen molar-refractivity contribution in [3.05, 3.63) is 63.6 Å². The fourth-order valence-electron chi connectivity index (χ4n) is 3.12. The Hall–Kier alpha value is -1.20. The van der Waals surface area contributed by atoms with Crippen LogP contribution in [0.4, 0.5) is 0 Å². The van der Waals surface area contributed by atoms with E-state index in [1.165, 1.54) is 0 Å². The lowest BCUT2D eigenvalue weighted by atomic mass is 10.1. The monoisotopic (exact) mass is 408 g/mol. The normalized spacial score (nSPS) is 17.4.